The summed E-state index contributed by atoms with van der Waals surface area (Å²) in [5.41, 5.74) is 4.45. The third-order valence-corrected chi connectivity index (χ3v) is 4.75. The molecule has 0 bridgehead atoms. The summed E-state index contributed by atoms with van der Waals surface area (Å²) in [5, 5.41) is 0.206. The van der Waals surface area contributed by atoms with Gasteiger partial charge in [0.15, 0.2) is 11.6 Å². The van der Waals surface area contributed by atoms with E-state index in [0.717, 1.165) is 11.1 Å². The molecule has 0 fully saturated rings. The lowest BCUT2D eigenvalue weighted by molar-refractivity contribution is 0.590. The van der Waals surface area contributed by atoms with Crippen molar-refractivity contribution < 1.29 is 0 Å². The molecule has 0 aliphatic rings. The van der Waals surface area contributed by atoms with Gasteiger partial charge in [-0.25, -0.2) is 4.98 Å². The fourth-order valence-corrected chi connectivity index (χ4v) is 3.02. The molecule has 1 heterocycles. The number of halogens is 1. The molecule has 0 unspecified atom stereocenters. The van der Waals surface area contributed by atoms with Gasteiger partial charge in [0.05, 0.1) is 0 Å². The Bertz CT molecular complexity index is 890. The molecule has 3 nitrogen and oxygen atoms in total. The number of benzene rings is 2. The lowest BCUT2D eigenvalue weighted by Gasteiger charge is -2.20. The topological polar surface area (TPSA) is 38.7 Å². The Morgan fingerprint density at radius 1 is 0.630 bits per heavy atom. The Balaban J connectivity index is 2.09. The fraction of sp³-hybridized carbons (Fsp3) is 0.348. The van der Waals surface area contributed by atoms with Crippen LogP contribution in [0.25, 0.3) is 22.8 Å². The van der Waals surface area contributed by atoms with Crippen LogP contribution in [0.2, 0.25) is 5.28 Å². The van der Waals surface area contributed by atoms with Crippen LogP contribution in [0.3, 0.4) is 0 Å². The van der Waals surface area contributed by atoms with Gasteiger partial charge in [-0.2, -0.15) is 9.97 Å². The predicted molar refractivity (Wildman–Crippen MR) is 113 cm³/mol. The highest BCUT2D eigenvalue weighted by Gasteiger charge is 2.17. The van der Waals surface area contributed by atoms with Crippen LogP contribution >= 0.6 is 11.6 Å². The third kappa shape index (κ3) is 4.54. The van der Waals surface area contributed by atoms with Crippen LogP contribution in [-0.4, -0.2) is 15.0 Å². The second kappa shape index (κ2) is 7.05. The minimum Gasteiger partial charge on any atom is -0.208 e. The first kappa shape index (κ1) is 19.5. The Kier molecular flexibility index (Phi) is 5.09. The van der Waals surface area contributed by atoms with Crippen molar-refractivity contribution in [3.8, 4) is 22.8 Å². The van der Waals surface area contributed by atoms with Crippen molar-refractivity contribution >= 4 is 11.6 Å². The molecule has 1 aromatic heterocycles. The van der Waals surface area contributed by atoms with E-state index in [1.54, 1.807) is 0 Å². The molecule has 3 aromatic rings. The first-order valence-corrected chi connectivity index (χ1v) is 9.55. The van der Waals surface area contributed by atoms with E-state index in [-0.39, 0.29) is 16.1 Å². The van der Waals surface area contributed by atoms with E-state index in [1.807, 2.05) is 24.3 Å². The zero-order valence-corrected chi connectivity index (χ0v) is 17.6. The van der Waals surface area contributed by atoms with E-state index < -0.39 is 0 Å². The SMILES string of the molecule is CC(C)(C)c1cccc(-c2nc(Cl)nc(-c3cccc(C(C)(C)C)c3)n2)c1. The second-order valence-electron chi connectivity index (χ2n) is 8.91. The minimum atomic E-state index is 0.0523. The summed E-state index contributed by atoms with van der Waals surface area (Å²) in [4.78, 5) is 13.4. The van der Waals surface area contributed by atoms with Crippen LogP contribution in [-0.2, 0) is 10.8 Å². The largest absolute Gasteiger partial charge is 0.226 e. The van der Waals surface area contributed by atoms with Gasteiger partial charge in [0.2, 0.25) is 5.28 Å². The average Bonchev–Trinajstić information content (AvgIpc) is 2.60. The van der Waals surface area contributed by atoms with Gasteiger partial charge in [-0.15, -0.1) is 0 Å². The van der Waals surface area contributed by atoms with Crippen molar-refractivity contribution in [3.05, 3.63) is 64.9 Å². The van der Waals surface area contributed by atoms with E-state index in [9.17, 15) is 0 Å². The smallest absolute Gasteiger partial charge is 0.208 e. The van der Waals surface area contributed by atoms with Gasteiger partial charge < -0.3 is 0 Å². The molecule has 0 radical (unpaired) electrons. The fourth-order valence-electron chi connectivity index (χ4n) is 2.86. The zero-order chi connectivity index (χ0) is 19.8. The van der Waals surface area contributed by atoms with Gasteiger partial charge in [-0.05, 0) is 45.7 Å². The van der Waals surface area contributed by atoms with Gasteiger partial charge >= 0.3 is 0 Å². The maximum absolute atomic E-state index is 6.25. The highest BCUT2D eigenvalue weighted by atomic mass is 35.5. The van der Waals surface area contributed by atoms with Crippen LogP contribution in [0.1, 0.15) is 52.7 Å². The lowest BCUT2D eigenvalue weighted by Crippen LogP contribution is -2.11. The quantitative estimate of drug-likeness (QED) is 0.513. The number of hydrogen-bond acceptors (Lipinski definition) is 3. The first-order valence-electron chi connectivity index (χ1n) is 9.17. The van der Waals surface area contributed by atoms with Crippen molar-refractivity contribution in [2.24, 2.45) is 0 Å². The molecule has 0 amide bonds. The Morgan fingerprint density at radius 3 is 1.41 bits per heavy atom. The van der Waals surface area contributed by atoms with Crippen LogP contribution in [0.5, 0.6) is 0 Å². The first-order chi connectivity index (χ1) is 12.5. The normalized spacial score (nSPS) is 12.3. The maximum Gasteiger partial charge on any atom is 0.226 e. The summed E-state index contributed by atoms with van der Waals surface area (Å²) in [7, 11) is 0. The molecule has 0 spiro atoms. The zero-order valence-electron chi connectivity index (χ0n) is 16.8. The van der Waals surface area contributed by atoms with Crippen molar-refractivity contribution in [2.45, 2.75) is 52.4 Å². The van der Waals surface area contributed by atoms with Crippen molar-refractivity contribution in [1.29, 1.82) is 0 Å². The molecule has 0 saturated carbocycles. The molecule has 0 saturated heterocycles. The molecule has 0 atom stereocenters. The van der Waals surface area contributed by atoms with Gasteiger partial charge in [-0.1, -0.05) is 77.9 Å². The molecule has 2 aromatic carbocycles. The molecular weight excluding hydrogens is 354 g/mol. The standard InChI is InChI=1S/C23H26ClN3/c1-22(2,3)17-11-7-9-15(13-17)19-25-20(27-21(24)26-19)16-10-8-12-18(14-16)23(4,5)6/h7-14H,1-6H3. The number of rotatable bonds is 2. The molecule has 27 heavy (non-hydrogen) atoms. The minimum absolute atomic E-state index is 0.0523. The summed E-state index contributed by atoms with van der Waals surface area (Å²) < 4.78 is 0. The Morgan fingerprint density at radius 2 is 1.04 bits per heavy atom. The van der Waals surface area contributed by atoms with E-state index in [0.29, 0.717) is 11.6 Å². The van der Waals surface area contributed by atoms with E-state index in [4.69, 9.17) is 16.6 Å². The van der Waals surface area contributed by atoms with Gasteiger partial charge in [0, 0.05) is 11.1 Å². The van der Waals surface area contributed by atoms with Crippen molar-refractivity contribution in [3.63, 3.8) is 0 Å². The van der Waals surface area contributed by atoms with E-state index >= 15 is 0 Å². The average molecular weight is 380 g/mol. The Labute approximate surface area is 166 Å². The van der Waals surface area contributed by atoms with Gasteiger partial charge in [0.25, 0.3) is 0 Å². The summed E-state index contributed by atoms with van der Waals surface area (Å²) in [5.74, 6) is 1.19. The molecule has 4 heteroatoms. The molecule has 3 rings (SSSR count). The number of hydrogen-bond donors (Lipinski definition) is 0. The van der Waals surface area contributed by atoms with Crippen LogP contribution in [0.15, 0.2) is 48.5 Å². The predicted octanol–water partition coefficient (Wildman–Crippen LogP) is 6.45. The van der Waals surface area contributed by atoms with Crippen LogP contribution < -0.4 is 0 Å². The lowest BCUT2D eigenvalue weighted by atomic mass is 9.86. The van der Waals surface area contributed by atoms with Crippen molar-refractivity contribution in [2.75, 3.05) is 0 Å². The molecule has 0 aliphatic heterocycles. The van der Waals surface area contributed by atoms with E-state index in [1.165, 1.54) is 11.1 Å². The molecule has 0 N–H and O–H groups in total. The summed E-state index contributed by atoms with van der Waals surface area (Å²) in [6, 6.07) is 16.6. The summed E-state index contributed by atoms with van der Waals surface area (Å²) in [6.07, 6.45) is 0. The highest BCUT2D eigenvalue weighted by molar-refractivity contribution is 6.28. The second-order valence-corrected chi connectivity index (χ2v) is 9.25. The third-order valence-electron chi connectivity index (χ3n) is 4.58. The maximum atomic E-state index is 6.25. The van der Waals surface area contributed by atoms with Gasteiger partial charge in [-0.3, -0.25) is 0 Å². The van der Waals surface area contributed by atoms with Crippen LogP contribution in [0.4, 0.5) is 0 Å². The molecular formula is C23H26ClN3. The highest BCUT2D eigenvalue weighted by Crippen LogP contribution is 2.29. The van der Waals surface area contributed by atoms with Crippen LogP contribution in [0, 0.1) is 0 Å². The summed E-state index contributed by atoms with van der Waals surface area (Å²) in [6.45, 7) is 13.1. The molecule has 0 aliphatic carbocycles. The monoisotopic (exact) mass is 379 g/mol. The van der Waals surface area contributed by atoms with E-state index in [2.05, 4.69) is 75.8 Å². The Hall–Kier alpha value is -2.26. The number of nitrogens with zero attached hydrogens (tertiary/aromatic N) is 3. The number of aromatic nitrogens is 3. The molecule has 140 valence electrons. The van der Waals surface area contributed by atoms with Crippen molar-refractivity contribution in [1.82, 2.24) is 15.0 Å². The van der Waals surface area contributed by atoms with Gasteiger partial charge in [0.1, 0.15) is 0 Å². The summed E-state index contributed by atoms with van der Waals surface area (Å²) >= 11 is 6.25.